The normalized spacial score (nSPS) is 16.3. The Labute approximate surface area is 180 Å². The summed E-state index contributed by atoms with van der Waals surface area (Å²) in [6.07, 6.45) is 0. The Bertz CT molecular complexity index is 1420. The molecule has 0 fully saturated rings. The van der Waals surface area contributed by atoms with Crippen LogP contribution in [-0.2, 0) is 11.5 Å². The molecule has 0 atom stereocenters. The molecule has 3 heterocycles. The zero-order chi connectivity index (χ0) is 21.7. The van der Waals surface area contributed by atoms with Gasteiger partial charge in [0.25, 0.3) is 11.5 Å². The van der Waals surface area contributed by atoms with Crippen LogP contribution in [0.15, 0.2) is 52.3 Å². The highest BCUT2D eigenvalue weighted by molar-refractivity contribution is 7.07. The number of rotatable bonds is 3. The molecule has 0 saturated heterocycles. The third-order valence-electron chi connectivity index (χ3n) is 5.39. The number of hydrogen-bond acceptors (Lipinski definition) is 7. The number of benzene rings is 2. The van der Waals surface area contributed by atoms with Gasteiger partial charge in [-0.15, -0.1) is 0 Å². The number of fused-ring (bicyclic) bond motifs is 2. The standard InChI is InChI=1S/C22H18N4O4S/c1-12(27)13-3-5-14(6-4-13)25-10-23-22-26(11-25)21(29)19(31-22)18-16-9-15(30-2)7-8-17(16)24-20(18)28/h3-9H,10-11H2,1-2H3,(H,24,28). The van der Waals surface area contributed by atoms with Crippen LogP contribution in [0.2, 0.25) is 0 Å². The molecule has 5 rings (SSSR count). The van der Waals surface area contributed by atoms with Gasteiger partial charge in [0.2, 0.25) is 0 Å². The summed E-state index contributed by atoms with van der Waals surface area (Å²) < 4.78 is 7.21. The molecule has 0 unspecified atom stereocenters. The number of ketones is 1. The summed E-state index contributed by atoms with van der Waals surface area (Å²) in [5.74, 6) is 0.301. The summed E-state index contributed by atoms with van der Waals surface area (Å²) >= 11 is 1.22. The van der Waals surface area contributed by atoms with Gasteiger partial charge in [-0.2, -0.15) is 0 Å². The van der Waals surface area contributed by atoms with Gasteiger partial charge in [-0.05, 0) is 49.4 Å². The fraction of sp³-hybridized carbons (Fsp3) is 0.182. The summed E-state index contributed by atoms with van der Waals surface area (Å²) in [7, 11) is 1.56. The van der Waals surface area contributed by atoms with Crippen LogP contribution in [0.4, 0.5) is 11.4 Å². The van der Waals surface area contributed by atoms with Gasteiger partial charge in [-0.1, -0.05) is 11.3 Å². The summed E-state index contributed by atoms with van der Waals surface area (Å²) in [6.45, 7) is 2.22. The van der Waals surface area contributed by atoms with Gasteiger partial charge >= 0.3 is 0 Å². The second-order valence-electron chi connectivity index (χ2n) is 7.27. The molecule has 156 valence electrons. The molecule has 1 N–H and O–H groups in total. The van der Waals surface area contributed by atoms with Gasteiger partial charge in [-0.3, -0.25) is 19.0 Å². The smallest absolute Gasteiger partial charge is 0.272 e. The molecule has 0 bridgehead atoms. The van der Waals surface area contributed by atoms with Crippen LogP contribution in [0.3, 0.4) is 0 Å². The highest BCUT2D eigenvalue weighted by atomic mass is 32.1. The maximum absolute atomic E-state index is 13.2. The molecule has 0 radical (unpaired) electrons. The third kappa shape index (κ3) is 3.14. The lowest BCUT2D eigenvalue weighted by Crippen LogP contribution is -2.43. The highest BCUT2D eigenvalue weighted by Crippen LogP contribution is 2.33. The molecule has 31 heavy (non-hydrogen) atoms. The molecule has 9 heteroatoms. The first-order chi connectivity index (χ1) is 15.0. The molecule has 1 amide bonds. The summed E-state index contributed by atoms with van der Waals surface area (Å²) in [4.78, 5) is 44.5. The van der Waals surface area contributed by atoms with E-state index in [4.69, 9.17) is 4.74 Å². The fourth-order valence-corrected chi connectivity index (χ4v) is 4.79. The Hall–Kier alpha value is -3.72. The molecule has 3 aromatic rings. The van der Waals surface area contributed by atoms with E-state index in [2.05, 4.69) is 10.3 Å². The van der Waals surface area contributed by atoms with Crippen LogP contribution >= 0.6 is 11.3 Å². The van der Waals surface area contributed by atoms with Crippen molar-refractivity contribution in [3.8, 4) is 5.75 Å². The Balaban J connectivity index is 1.58. The minimum Gasteiger partial charge on any atom is -0.497 e. The lowest BCUT2D eigenvalue weighted by Gasteiger charge is -2.25. The highest BCUT2D eigenvalue weighted by Gasteiger charge is 2.28. The number of amides is 1. The topological polar surface area (TPSA) is 93.0 Å². The second kappa shape index (κ2) is 7.21. The van der Waals surface area contributed by atoms with Crippen molar-refractivity contribution in [3.05, 3.63) is 73.3 Å². The Kier molecular flexibility index (Phi) is 4.48. The van der Waals surface area contributed by atoms with Crippen LogP contribution < -0.4 is 29.8 Å². The number of nitrogens with zero attached hydrogens (tertiary/aromatic N) is 3. The van der Waals surface area contributed by atoms with Gasteiger partial charge in [0.05, 0.1) is 12.7 Å². The van der Waals surface area contributed by atoms with Crippen molar-refractivity contribution in [2.75, 3.05) is 24.0 Å². The van der Waals surface area contributed by atoms with Crippen LogP contribution in [-0.4, -0.2) is 30.0 Å². The van der Waals surface area contributed by atoms with E-state index in [0.717, 1.165) is 5.69 Å². The summed E-state index contributed by atoms with van der Waals surface area (Å²) in [5, 5.41) is 2.81. The van der Waals surface area contributed by atoms with E-state index in [1.54, 1.807) is 42.0 Å². The van der Waals surface area contributed by atoms with Gasteiger partial charge in [0, 0.05) is 22.5 Å². The van der Waals surface area contributed by atoms with Crippen LogP contribution in [0.1, 0.15) is 22.8 Å². The first kappa shape index (κ1) is 19.3. The summed E-state index contributed by atoms with van der Waals surface area (Å²) in [6, 6.07) is 12.5. The van der Waals surface area contributed by atoms with Crippen molar-refractivity contribution in [1.29, 1.82) is 0 Å². The number of aromatic nitrogens is 1. The Morgan fingerprint density at radius 1 is 1.16 bits per heavy atom. The van der Waals surface area contributed by atoms with Gasteiger partial charge in [0.15, 0.2) is 10.6 Å². The maximum atomic E-state index is 13.2. The Morgan fingerprint density at radius 2 is 1.94 bits per heavy atom. The van der Waals surface area contributed by atoms with E-state index < -0.39 is 0 Å². The van der Waals surface area contributed by atoms with Crippen molar-refractivity contribution in [2.24, 2.45) is 4.99 Å². The van der Waals surface area contributed by atoms with Crippen LogP contribution in [0.25, 0.3) is 5.57 Å². The molecule has 2 aliphatic heterocycles. The van der Waals surface area contributed by atoms with E-state index in [1.165, 1.54) is 18.3 Å². The minimum absolute atomic E-state index is 0.000333. The van der Waals surface area contributed by atoms with E-state index >= 15 is 0 Å². The molecule has 8 nitrogen and oxygen atoms in total. The lowest BCUT2D eigenvalue weighted by molar-refractivity contribution is -0.110. The molecule has 0 spiro atoms. The van der Waals surface area contributed by atoms with Crippen molar-refractivity contribution in [2.45, 2.75) is 13.6 Å². The van der Waals surface area contributed by atoms with E-state index in [-0.39, 0.29) is 17.2 Å². The number of hydrogen-bond donors (Lipinski definition) is 1. The average Bonchev–Trinajstić information content (AvgIpc) is 3.28. The van der Waals surface area contributed by atoms with E-state index in [9.17, 15) is 14.4 Å². The molecule has 0 aliphatic carbocycles. The number of ether oxygens (including phenoxy) is 1. The quantitative estimate of drug-likeness (QED) is 0.628. The molecule has 2 aliphatic rings. The third-order valence-corrected chi connectivity index (χ3v) is 6.50. The van der Waals surface area contributed by atoms with Gasteiger partial charge in [-0.25, -0.2) is 4.99 Å². The molecule has 0 saturated carbocycles. The molecular formula is C22H18N4O4S. The zero-order valence-electron chi connectivity index (χ0n) is 16.8. The molecule has 1 aromatic heterocycles. The number of carbonyl (C=O) groups excluding carboxylic acids is 2. The second-order valence-corrected chi connectivity index (χ2v) is 8.25. The SMILES string of the molecule is COc1ccc2c(c1)C(=c1sc3n(c1=O)CN(c1ccc(C(C)=O)cc1)CN=3)C(=O)N2. The maximum Gasteiger partial charge on any atom is 0.272 e. The number of thiazole rings is 1. The van der Waals surface area contributed by atoms with Crippen molar-refractivity contribution < 1.29 is 14.3 Å². The van der Waals surface area contributed by atoms with Gasteiger partial charge < -0.3 is 15.0 Å². The fourth-order valence-electron chi connectivity index (χ4n) is 3.73. The predicted octanol–water partition coefficient (Wildman–Crippen LogP) is 1.33. The molecule has 2 aromatic carbocycles. The zero-order valence-corrected chi connectivity index (χ0v) is 17.7. The van der Waals surface area contributed by atoms with E-state index in [0.29, 0.717) is 50.8 Å². The number of nitrogens with one attached hydrogen (secondary N) is 1. The number of Topliss-reactive ketones (excluding diaryl/α,β-unsaturated/α-hetero) is 1. The van der Waals surface area contributed by atoms with Gasteiger partial charge in [0.1, 0.15) is 23.6 Å². The lowest BCUT2D eigenvalue weighted by atomic mass is 10.1. The Morgan fingerprint density at radius 3 is 2.65 bits per heavy atom. The average molecular weight is 434 g/mol. The predicted molar refractivity (Wildman–Crippen MR) is 117 cm³/mol. The van der Waals surface area contributed by atoms with Crippen molar-refractivity contribution >= 4 is 40.0 Å². The number of methoxy groups -OCH3 is 1. The first-order valence-corrected chi connectivity index (χ1v) is 10.4. The minimum atomic E-state index is -0.309. The van der Waals surface area contributed by atoms with Crippen LogP contribution in [0, 0.1) is 0 Å². The van der Waals surface area contributed by atoms with Crippen LogP contribution in [0.5, 0.6) is 5.75 Å². The molecular weight excluding hydrogens is 416 g/mol. The first-order valence-electron chi connectivity index (χ1n) is 9.60. The van der Waals surface area contributed by atoms with Crippen molar-refractivity contribution in [1.82, 2.24) is 4.57 Å². The monoisotopic (exact) mass is 434 g/mol. The van der Waals surface area contributed by atoms with Crippen molar-refractivity contribution in [3.63, 3.8) is 0 Å². The summed E-state index contributed by atoms with van der Waals surface area (Å²) in [5.41, 5.74) is 2.89. The number of anilines is 2. The number of carbonyl (C=O) groups is 2. The van der Waals surface area contributed by atoms with E-state index in [1.807, 2.05) is 17.0 Å². The largest absolute Gasteiger partial charge is 0.497 e.